The van der Waals surface area contributed by atoms with Crippen molar-refractivity contribution in [2.45, 2.75) is 26.4 Å². The third-order valence-electron chi connectivity index (χ3n) is 3.77. The Balaban J connectivity index is 1.66. The molecule has 0 aliphatic carbocycles. The lowest BCUT2D eigenvalue weighted by molar-refractivity contribution is 0.0769. The van der Waals surface area contributed by atoms with Gasteiger partial charge < -0.3 is 9.64 Å². The Hall–Kier alpha value is -2.14. The number of carbonyl (C=O) groups excluding carboxylic acids is 1. The van der Waals surface area contributed by atoms with Crippen molar-refractivity contribution < 1.29 is 9.53 Å². The molecule has 0 N–H and O–H groups in total. The highest BCUT2D eigenvalue weighted by Gasteiger charge is 2.29. The first-order valence-corrected chi connectivity index (χ1v) is 7.93. The summed E-state index contributed by atoms with van der Waals surface area (Å²) in [5, 5.41) is 0.472. The standard InChI is InChI=1S/C17H18ClN3O2/c1-11-9-12(2)20-17(19-11)23-13-7-8-21(10-13)16(22)14-5-3-4-6-15(14)18/h3-6,9,13H,7-8,10H2,1-2H3/t13-/m1/s1. The molecule has 23 heavy (non-hydrogen) atoms. The molecule has 0 radical (unpaired) electrons. The van der Waals surface area contributed by atoms with Crippen molar-refractivity contribution >= 4 is 17.5 Å². The van der Waals surface area contributed by atoms with Crippen LogP contribution in [-0.4, -0.2) is 40.0 Å². The predicted molar refractivity (Wildman–Crippen MR) is 87.9 cm³/mol. The molecule has 0 spiro atoms. The van der Waals surface area contributed by atoms with Gasteiger partial charge in [0, 0.05) is 24.4 Å². The fraction of sp³-hybridized carbons (Fsp3) is 0.353. The molecule has 1 aliphatic heterocycles. The van der Waals surface area contributed by atoms with E-state index < -0.39 is 0 Å². The van der Waals surface area contributed by atoms with E-state index in [0.717, 1.165) is 17.8 Å². The van der Waals surface area contributed by atoms with Gasteiger partial charge in [0.25, 0.3) is 5.91 Å². The van der Waals surface area contributed by atoms with E-state index in [4.69, 9.17) is 16.3 Å². The summed E-state index contributed by atoms with van der Waals surface area (Å²) in [6.07, 6.45) is 0.662. The zero-order valence-corrected chi connectivity index (χ0v) is 13.9. The van der Waals surface area contributed by atoms with Crippen molar-refractivity contribution in [3.8, 4) is 6.01 Å². The molecule has 3 rings (SSSR count). The summed E-state index contributed by atoms with van der Waals surface area (Å²) >= 11 is 6.10. The summed E-state index contributed by atoms with van der Waals surface area (Å²) in [5.41, 5.74) is 2.27. The highest BCUT2D eigenvalue weighted by Crippen LogP contribution is 2.21. The topological polar surface area (TPSA) is 55.3 Å². The van der Waals surface area contributed by atoms with Crippen LogP contribution in [0.2, 0.25) is 5.02 Å². The highest BCUT2D eigenvalue weighted by atomic mass is 35.5. The average Bonchev–Trinajstić information content (AvgIpc) is 2.94. The largest absolute Gasteiger partial charge is 0.458 e. The van der Waals surface area contributed by atoms with Crippen LogP contribution in [-0.2, 0) is 0 Å². The van der Waals surface area contributed by atoms with Gasteiger partial charge in [0.15, 0.2) is 0 Å². The van der Waals surface area contributed by atoms with Gasteiger partial charge in [-0.3, -0.25) is 4.79 Å². The second-order valence-electron chi connectivity index (χ2n) is 5.69. The van der Waals surface area contributed by atoms with Crippen molar-refractivity contribution in [3.05, 3.63) is 52.3 Å². The molecule has 0 unspecified atom stereocenters. The van der Waals surface area contributed by atoms with E-state index in [-0.39, 0.29) is 12.0 Å². The van der Waals surface area contributed by atoms with Gasteiger partial charge in [-0.2, -0.15) is 0 Å². The molecule has 2 heterocycles. The Labute approximate surface area is 140 Å². The number of hydrogen-bond acceptors (Lipinski definition) is 4. The molecule has 2 aromatic rings. The van der Waals surface area contributed by atoms with E-state index in [1.807, 2.05) is 32.0 Å². The van der Waals surface area contributed by atoms with Gasteiger partial charge in [-0.15, -0.1) is 0 Å². The smallest absolute Gasteiger partial charge is 0.317 e. The van der Waals surface area contributed by atoms with Crippen molar-refractivity contribution in [3.63, 3.8) is 0 Å². The van der Waals surface area contributed by atoms with Crippen LogP contribution in [0.1, 0.15) is 28.2 Å². The second kappa shape index (κ2) is 6.54. The second-order valence-corrected chi connectivity index (χ2v) is 6.10. The highest BCUT2D eigenvalue weighted by molar-refractivity contribution is 6.33. The number of aromatic nitrogens is 2. The summed E-state index contributed by atoms with van der Waals surface area (Å²) < 4.78 is 5.83. The Morgan fingerprint density at radius 2 is 1.96 bits per heavy atom. The number of nitrogens with zero attached hydrogens (tertiary/aromatic N) is 3. The number of amides is 1. The van der Waals surface area contributed by atoms with Crippen LogP contribution in [0.3, 0.4) is 0 Å². The summed E-state index contributed by atoms with van der Waals surface area (Å²) in [6.45, 7) is 4.97. The molecule has 0 bridgehead atoms. The third kappa shape index (κ3) is 3.62. The van der Waals surface area contributed by atoms with E-state index in [1.165, 1.54) is 0 Å². The number of rotatable bonds is 3. The van der Waals surface area contributed by atoms with Crippen LogP contribution in [0.4, 0.5) is 0 Å². The van der Waals surface area contributed by atoms with Crippen LogP contribution in [0.5, 0.6) is 6.01 Å². The number of carbonyl (C=O) groups is 1. The summed E-state index contributed by atoms with van der Waals surface area (Å²) in [7, 11) is 0. The molecule has 1 aromatic heterocycles. The zero-order valence-electron chi connectivity index (χ0n) is 13.1. The van der Waals surface area contributed by atoms with Crippen LogP contribution in [0, 0.1) is 13.8 Å². The van der Waals surface area contributed by atoms with Crippen LogP contribution in [0.25, 0.3) is 0 Å². The normalized spacial score (nSPS) is 17.3. The molecule has 1 saturated heterocycles. The first-order chi connectivity index (χ1) is 11.0. The summed E-state index contributed by atoms with van der Waals surface area (Å²) in [4.78, 5) is 22.9. The fourth-order valence-electron chi connectivity index (χ4n) is 2.71. The van der Waals surface area contributed by atoms with Crippen LogP contribution >= 0.6 is 11.6 Å². The maximum absolute atomic E-state index is 12.5. The molecule has 6 heteroatoms. The Morgan fingerprint density at radius 3 is 2.65 bits per heavy atom. The Bertz CT molecular complexity index is 715. The number of benzene rings is 1. The van der Waals surface area contributed by atoms with E-state index >= 15 is 0 Å². The van der Waals surface area contributed by atoms with Crippen LogP contribution in [0.15, 0.2) is 30.3 Å². The van der Waals surface area contributed by atoms with Gasteiger partial charge in [0.1, 0.15) is 6.10 Å². The number of hydrogen-bond donors (Lipinski definition) is 0. The minimum absolute atomic E-state index is 0.0666. The Morgan fingerprint density at radius 1 is 1.26 bits per heavy atom. The molecular weight excluding hydrogens is 314 g/mol. The molecule has 0 saturated carbocycles. The first-order valence-electron chi connectivity index (χ1n) is 7.55. The predicted octanol–water partition coefficient (Wildman–Crippen LogP) is 3.04. The van der Waals surface area contributed by atoms with Crippen molar-refractivity contribution in [1.82, 2.24) is 14.9 Å². The van der Waals surface area contributed by atoms with E-state index in [1.54, 1.807) is 17.0 Å². The molecule has 1 amide bonds. The fourth-order valence-corrected chi connectivity index (χ4v) is 2.93. The lowest BCUT2D eigenvalue weighted by atomic mass is 10.2. The van der Waals surface area contributed by atoms with Gasteiger partial charge in [-0.25, -0.2) is 9.97 Å². The van der Waals surface area contributed by atoms with Crippen molar-refractivity contribution in [2.75, 3.05) is 13.1 Å². The van der Waals surface area contributed by atoms with Crippen molar-refractivity contribution in [1.29, 1.82) is 0 Å². The lowest BCUT2D eigenvalue weighted by Gasteiger charge is -2.17. The third-order valence-corrected chi connectivity index (χ3v) is 4.10. The number of aryl methyl sites for hydroxylation is 2. The lowest BCUT2D eigenvalue weighted by Crippen LogP contribution is -2.31. The number of ether oxygens (including phenoxy) is 1. The summed E-state index contributed by atoms with van der Waals surface area (Å²) in [6, 6.07) is 9.36. The Kier molecular flexibility index (Phi) is 4.48. The van der Waals surface area contributed by atoms with E-state index in [0.29, 0.717) is 29.7 Å². The number of halogens is 1. The average molecular weight is 332 g/mol. The number of likely N-dealkylation sites (tertiary alicyclic amines) is 1. The van der Waals surface area contributed by atoms with Crippen LogP contribution < -0.4 is 4.74 Å². The van der Waals surface area contributed by atoms with Gasteiger partial charge in [0.05, 0.1) is 17.1 Å². The van der Waals surface area contributed by atoms with E-state index in [2.05, 4.69) is 9.97 Å². The molecule has 1 aliphatic rings. The maximum atomic E-state index is 12.5. The van der Waals surface area contributed by atoms with Gasteiger partial charge in [0.2, 0.25) is 0 Å². The molecule has 1 aromatic carbocycles. The SMILES string of the molecule is Cc1cc(C)nc(O[C@@H]2CCN(C(=O)c3ccccc3Cl)C2)n1. The van der Waals surface area contributed by atoms with Gasteiger partial charge >= 0.3 is 6.01 Å². The summed E-state index contributed by atoms with van der Waals surface area (Å²) in [5.74, 6) is -0.0666. The van der Waals surface area contributed by atoms with E-state index in [9.17, 15) is 4.79 Å². The van der Waals surface area contributed by atoms with Gasteiger partial charge in [-0.05, 0) is 32.0 Å². The molecule has 5 nitrogen and oxygen atoms in total. The monoisotopic (exact) mass is 331 g/mol. The zero-order chi connectivity index (χ0) is 16.4. The molecule has 1 atom stereocenters. The quantitative estimate of drug-likeness (QED) is 0.867. The molecule has 120 valence electrons. The van der Waals surface area contributed by atoms with Gasteiger partial charge in [-0.1, -0.05) is 23.7 Å². The maximum Gasteiger partial charge on any atom is 0.317 e. The minimum atomic E-state index is -0.0948. The minimum Gasteiger partial charge on any atom is -0.458 e. The van der Waals surface area contributed by atoms with Crippen molar-refractivity contribution in [2.24, 2.45) is 0 Å². The first kappa shape index (κ1) is 15.7. The molecular formula is C17H18ClN3O2. The molecule has 1 fully saturated rings.